The van der Waals surface area contributed by atoms with Gasteiger partial charge in [0.15, 0.2) is 11.6 Å². The molecule has 2 N–H and O–H groups in total. The van der Waals surface area contributed by atoms with Gasteiger partial charge >= 0.3 is 0 Å². The minimum Gasteiger partial charge on any atom is -0.335 e. The molecule has 0 unspecified atom stereocenters. The molecule has 5 heterocycles. The first-order valence-electron chi connectivity index (χ1n) is 10.9. The van der Waals surface area contributed by atoms with E-state index in [0.717, 1.165) is 28.3 Å². The Morgan fingerprint density at radius 2 is 2.13 bits per heavy atom. The number of anilines is 3. The molecule has 0 amide bonds. The van der Waals surface area contributed by atoms with E-state index >= 15 is 0 Å². The molecule has 0 aromatic carbocycles. The SMILES string of the molecule is CCCS(=O)(=O)N1C[C@@H]2C[C@H]1CN2c1nc(Nc2cc(C3CC3)[nH]n2)c2sccc2n1. The van der Waals surface area contributed by atoms with Crippen molar-refractivity contribution < 1.29 is 8.42 Å². The van der Waals surface area contributed by atoms with Crippen molar-refractivity contribution in [1.82, 2.24) is 24.5 Å². The Morgan fingerprint density at radius 3 is 2.87 bits per heavy atom. The lowest BCUT2D eigenvalue weighted by Gasteiger charge is -2.33. The molecule has 3 aromatic heterocycles. The highest BCUT2D eigenvalue weighted by molar-refractivity contribution is 7.89. The Bertz CT molecular complexity index is 1230. The Kier molecular flexibility index (Phi) is 4.48. The zero-order valence-electron chi connectivity index (χ0n) is 17.3. The second-order valence-electron chi connectivity index (χ2n) is 8.70. The van der Waals surface area contributed by atoms with E-state index in [2.05, 4.69) is 26.5 Å². The average molecular weight is 460 g/mol. The van der Waals surface area contributed by atoms with E-state index in [-0.39, 0.29) is 17.8 Å². The summed E-state index contributed by atoms with van der Waals surface area (Å²) < 4.78 is 27.8. The van der Waals surface area contributed by atoms with E-state index in [1.807, 2.05) is 18.4 Å². The molecular weight excluding hydrogens is 434 g/mol. The van der Waals surface area contributed by atoms with Gasteiger partial charge in [0.1, 0.15) is 0 Å². The van der Waals surface area contributed by atoms with Gasteiger partial charge < -0.3 is 10.2 Å². The smallest absolute Gasteiger partial charge is 0.228 e. The zero-order chi connectivity index (χ0) is 21.2. The van der Waals surface area contributed by atoms with Crippen LogP contribution in [0.3, 0.4) is 0 Å². The molecule has 11 heteroatoms. The van der Waals surface area contributed by atoms with E-state index in [1.165, 1.54) is 18.5 Å². The van der Waals surface area contributed by atoms with Crippen LogP contribution in [0.5, 0.6) is 0 Å². The highest BCUT2D eigenvalue weighted by atomic mass is 32.2. The number of aromatic nitrogens is 4. The van der Waals surface area contributed by atoms with Gasteiger partial charge in [0, 0.05) is 42.9 Å². The van der Waals surface area contributed by atoms with Crippen molar-refractivity contribution >= 4 is 49.2 Å². The molecule has 1 saturated carbocycles. The van der Waals surface area contributed by atoms with Crippen LogP contribution in [-0.4, -0.2) is 63.8 Å². The summed E-state index contributed by atoms with van der Waals surface area (Å²) in [5, 5.41) is 12.9. The summed E-state index contributed by atoms with van der Waals surface area (Å²) in [4.78, 5) is 11.8. The van der Waals surface area contributed by atoms with Crippen molar-refractivity contribution in [3.8, 4) is 0 Å². The third-order valence-electron chi connectivity index (χ3n) is 6.42. The molecule has 0 spiro atoms. The lowest BCUT2D eigenvalue weighted by Crippen LogP contribution is -2.49. The Labute approximate surface area is 184 Å². The van der Waals surface area contributed by atoms with Crippen molar-refractivity contribution in [3.05, 3.63) is 23.2 Å². The van der Waals surface area contributed by atoms with Crippen molar-refractivity contribution in [3.63, 3.8) is 0 Å². The maximum absolute atomic E-state index is 12.6. The third kappa shape index (κ3) is 3.39. The molecule has 2 atom stereocenters. The standard InChI is InChI=1S/C20H25N7O2S2/c1-2-7-31(28,29)27-11-13-8-14(27)10-26(13)20-21-15-5-6-30-18(15)19(23-20)22-17-9-16(24-25-17)12-3-4-12/h5-6,9,12-14H,2-4,7-8,10-11H2,1H3,(H2,21,22,23,24,25)/t13-,14-/m0/s1. The number of nitrogens with zero attached hydrogens (tertiary/aromatic N) is 5. The summed E-state index contributed by atoms with van der Waals surface area (Å²) in [6.45, 7) is 3.06. The molecule has 2 saturated heterocycles. The summed E-state index contributed by atoms with van der Waals surface area (Å²) in [5.41, 5.74) is 2.07. The summed E-state index contributed by atoms with van der Waals surface area (Å²) in [5.74, 6) is 3.00. The number of hydrogen-bond acceptors (Lipinski definition) is 8. The first kappa shape index (κ1) is 19.4. The monoisotopic (exact) mass is 459 g/mol. The van der Waals surface area contributed by atoms with Gasteiger partial charge in [0.05, 0.1) is 16.0 Å². The number of fused-ring (bicyclic) bond motifs is 3. The lowest BCUT2D eigenvalue weighted by atomic mass is 10.2. The Morgan fingerprint density at radius 1 is 1.26 bits per heavy atom. The largest absolute Gasteiger partial charge is 0.335 e. The summed E-state index contributed by atoms with van der Waals surface area (Å²) in [6.07, 6.45) is 3.91. The summed E-state index contributed by atoms with van der Waals surface area (Å²) in [7, 11) is -3.18. The molecule has 2 bridgehead atoms. The molecule has 1 aliphatic carbocycles. The molecule has 0 radical (unpaired) electrons. The van der Waals surface area contributed by atoms with Gasteiger partial charge in [0.2, 0.25) is 16.0 Å². The molecule has 9 nitrogen and oxygen atoms in total. The second kappa shape index (κ2) is 7.14. The quantitative estimate of drug-likeness (QED) is 0.559. The normalized spacial score (nSPS) is 23.8. The van der Waals surface area contributed by atoms with Crippen LogP contribution in [0.15, 0.2) is 17.5 Å². The van der Waals surface area contributed by atoms with Gasteiger partial charge in [-0.25, -0.2) is 13.4 Å². The maximum atomic E-state index is 12.6. The van der Waals surface area contributed by atoms with Crippen molar-refractivity contribution in [2.24, 2.45) is 0 Å². The number of thiophene rings is 1. The fourth-order valence-electron chi connectivity index (χ4n) is 4.78. The van der Waals surface area contributed by atoms with Crippen molar-refractivity contribution in [2.75, 3.05) is 29.1 Å². The molecule has 164 valence electrons. The number of nitrogens with one attached hydrogen (secondary N) is 2. The molecule has 6 rings (SSSR count). The summed E-state index contributed by atoms with van der Waals surface area (Å²) in [6, 6.07) is 4.19. The van der Waals surface area contributed by atoms with Crippen LogP contribution in [0.2, 0.25) is 0 Å². The van der Waals surface area contributed by atoms with Crippen LogP contribution < -0.4 is 10.2 Å². The fourth-order valence-corrected chi connectivity index (χ4v) is 7.31. The van der Waals surface area contributed by atoms with E-state index in [1.54, 1.807) is 15.6 Å². The van der Waals surface area contributed by atoms with Gasteiger partial charge in [-0.1, -0.05) is 6.92 Å². The van der Waals surface area contributed by atoms with Gasteiger partial charge in [0.25, 0.3) is 0 Å². The van der Waals surface area contributed by atoms with E-state index < -0.39 is 10.0 Å². The average Bonchev–Trinajstić information content (AvgIpc) is 3.15. The van der Waals surface area contributed by atoms with Crippen LogP contribution >= 0.6 is 11.3 Å². The van der Waals surface area contributed by atoms with Crippen LogP contribution in [0, 0.1) is 0 Å². The van der Waals surface area contributed by atoms with Crippen LogP contribution in [0.25, 0.3) is 10.2 Å². The molecular formula is C20H25N7O2S2. The number of aromatic amines is 1. The number of piperazine rings is 1. The van der Waals surface area contributed by atoms with Crippen LogP contribution in [0.1, 0.15) is 44.2 Å². The highest BCUT2D eigenvalue weighted by Crippen LogP contribution is 2.40. The number of H-pyrrole nitrogens is 1. The third-order valence-corrected chi connectivity index (χ3v) is 9.42. The number of sulfonamides is 1. The molecule has 2 aliphatic heterocycles. The first-order chi connectivity index (χ1) is 15.0. The lowest BCUT2D eigenvalue weighted by molar-refractivity contribution is 0.367. The zero-order valence-corrected chi connectivity index (χ0v) is 18.9. The van der Waals surface area contributed by atoms with Crippen LogP contribution in [0.4, 0.5) is 17.6 Å². The van der Waals surface area contributed by atoms with Gasteiger partial charge in [-0.2, -0.15) is 14.4 Å². The van der Waals surface area contributed by atoms with Gasteiger partial charge in [-0.05, 0) is 37.1 Å². The molecule has 3 aromatic rings. The van der Waals surface area contributed by atoms with Gasteiger partial charge in [-0.15, -0.1) is 11.3 Å². The summed E-state index contributed by atoms with van der Waals surface area (Å²) >= 11 is 1.60. The van der Waals surface area contributed by atoms with Crippen molar-refractivity contribution in [2.45, 2.75) is 50.6 Å². The fraction of sp³-hybridized carbons (Fsp3) is 0.550. The minimum absolute atomic E-state index is 0.00664. The molecule has 31 heavy (non-hydrogen) atoms. The van der Waals surface area contributed by atoms with E-state index in [0.29, 0.717) is 31.4 Å². The molecule has 3 aliphatic rings. The predicted molar refractivity (Wildman–Crippen MR) is 122 cm³/mol. The van der Waals surface area contributed by atoms with E-state index in [9.17, 15) is 8.42 Å². The first-order valence-corrected chi connectivity index (χ1v) is 13.3. The second-order valence-corrected chi connectivity index (χ2v) is 11.7. The molecule has 3 fully saturated rings. The Balaban J connectivity index is 1.27. The highest BCUT2D eigenvalue weighted by Gasteiger charge is 2.48. The predicted octanol–water partition coefficient (Wildman–Crippen LogP) is 3.04. The minimum atomic E-state index is -3.18. The number of hydrogen-bond donors (Lipinski definition) is 2. The Hall–Kier alpha value is -2.24. The number of rotatable bonds is 7. The van der Waals surface area contributed by atoms with Crippen molar-refractivity contribution in [1.29, 1.82) is 0 Å². The topological polar surface area (TPSA) is 107 Å². The van der Waals surface area contributed by atoms with E-state index in [4.69, 9.17) is 9.97 Å². The van der Waals surface area contributed by atoms with Crippen LogP contribution in [-0.2, 0) is 10.0 Å². The van der Waals surface area contributed by atoms with Gasteiger partial charge in [-0.3, -0.25) is 5.10 Å². The maximum Gasteiger partial charge on any atom is 0.228 e.